The van der Waals surface area contributed by atoms with Gasteiger partial charge in [0.15, 0.2) is 5.78 Å². The fourth-order valence-corrected chi connectivity index (χ4v) is 1.52. The van der Waals surface area contributed by atoms with Gasteiger partial charge >= 0.3 is 5.69 Å². The smallest absolute Gasteiger partial charge is 0.332 e. The van der Waals surface area contributed by atoms with Crippen LogP contribution in [0.3, 0.4) is 0 Å². The summed E-state index contributed by atoms with van der Waals surface area (Å²) in [5.41, 5.74) is 5.22. The van der Waals surface area contributed by atoms with Gasteiger partial charge in [-0.15, -0.1) is 0 Å². The van der Waals surface area contributed by atoms with E-state index in [1.54, 1.807) is 6.92 Å². The number of carbonyl (C=O) groups excluding carboxylic acids is 1. The predicted octanol–water partition coefficient (Wildman–Crippen LogP) is -0.429. The maximum Gasteiger partial charge on any atom is 0.332 e. The first kappa shape index (κ1) is 13.8. The van der Waals surface area contributed by atoms with Crippen LogP contribution in [0.4, 0.5) is 11.5 Å². The third-order valence-electron chi connectivity index (χ3n) is 2.45. The Balaban J connectivity index is 3.40. The second-order valence-corrected chi connectivity index (χ2v) is 4.03. The van der Waals surface area contributed by atoms with Gasteiger partial charge < -0.3 is 11.1 Å². The van der Waals surface area contributed by atoms with Gasteiger partial charge in [-0.25, -0.2) is 4.79 Å². The van der Waals surface area contributed by atoms with Crippen LogP contribution >= 0.6 is 0 Å². The SMILES string of the molecule is CC(=O)/C=C(/C)Nc1c(N)n(C)c(=O)n(C)c1=O. The highest BCUT2D eigenvalue weighted by atomic mass is 16.2. The van der Waals surface area contributed by atoms with Crippen LogP contribution in [-0.4, -0.2) is 14.9 Å². The van der Waals surface area contributed by atoms with Crippen molar-refractivity contribution in [2.75, 3.05) is 11.1 Å². The number of aromatic nitrogens is 2. The summed E-state index contributed by atoms with van der Waals surface area (Å²) in [6.45, 7) is 3.03. The van der Waals surface area contributed by atoms with Crippen molar-refractivity contribution in [3.8, 4) is 0 Å². The molecule has 0 bridgehead atoms. The molecule has 98 valence electrons. The van der Waals surface area contributed by atoms with E-state index in [1.165, 1.54) is 27.1 Å². The number of hydrogen-bond acceptors (Lipinski definition) is 5. The highest BCUT2D eigenvalue weighted by Crippen LogP contribution is 2.11. The highest BCUT2D eigenvalue weighted by molar-refractivity contribution is 5.88. The molecule has 0 fully saturated rings. The van der Waals surface area contributed by atoms with Crippen molar-refractivity contribution >= 4 is 17.3 Å². The first-order valence-electron chi connectivity index (χ1n) is 5.27. The van der Waals surface area contributed by atoms with Crippen molar-refractivity contribution in [1.82, 2.24) is 9.13 Å². The van der Waals surface area contributed by atoms with Crippen LogP contribution in [0, 0.1) is 0 Å². The van der Waals surface area contributed by atoms with Gasteiger partial charge in [-0.05, 0) is 19.9 Å². The normalized spacial score (nSPS) is 11.4. The van der Waals surface area contributed by atoms with E-state index in [0.29, 0.717) is 5.70 Å². The second kappa shape index (κ2) is 4.91. The summed E-state index contributed by atoms with van der Waals surface area (Å²) in [5.74, 6) is -0.125. The number of hydrogen-bond donors (Lipinski definition) is 2. The van der Waals surface area contributed by atoms with E-state index in [0.717, 1.165) is 9.13 Å². The van der Waals surface area contributed by atoms with Gasteiger partial charge in [0.2, 0.25) is 0 Å². The molecule has 0 unspecified atom stereocenters. The molecule has 1 rings (SSSR count). The summed E-state index contributed by atoms with van der Waals surface area (Å²) in [5, 5.41) is 2.74. The van der Waals surface area contributed by atoms with Crippen LogP contribution in [0.15, 0.2) is 21.4 Å². The van der Waals surface area contributed by atoms with Gasteiger partial charge in [0.25, 0.3) is 5.56 Å². The average molecular weight is 252 g/mol. The highest BCUT2D eigenvalue weighted by Gasteiger charge is 2.12. The second-order valence-electron chi connectivity index (χ2n) is 4.03. The molecule has 3 N–H and O–H groups in total. The molecule has 18 heavy (non-hydrogen) atoms. The standard InChI is InChI=1S/C11H16N4O3/c1-6(5-7(2)16)13-8-9(12)14(3)11(18)15(4)10(8)17/h5,13H,12H2,1-4H3/b6-5-. The van der Waals surface area contributed by atoms with Crippen LogP contribution in [0.2, 0.25) is 0 Å². The number of allylic oxidation sites excluding steroid dienone is 2. The van der Waals surface area contributed by atoms with Crippen LogP contribution in [0.5, 0.6) is 0 Å². The minimum atomic E-state index is -0.535. The Morgan fingerprint density at radius 1 is 1.22 bits per heavy atom. The molecular formula is C11H16N4O3. The number of nitrogen functional groups attached to an aromatic ring is 1. The van der Waals surface area contributed by atoms with Crippen molar-refractivity contribution in [1.29, 1.82) is 0 Å². The Hall–Kier alpha value is -2.31. The van der Waals surface area contributed by atoms with Gasteiger partial charge in [0, 0.05) is 19.8 Å². The molecule has 0 spiro atoms. The molecule has 0 atom stereocenters. The molecule has 0 saturated carbocycles. The van der Waals surface area contributed by atoms with Crippen molar-refractivity contribution in [2.24, 2.45) is 14.1 Å². The Morgan fingerprint density at radius 3 is 2.28 bits per heavy atom. The van der Waals surface area contributed by atoms with Gasteiger partial charge in [-0.1, -0.05) is 0 Å². The zero-order valence-electron chi connectivity index (χ0n) is 10.8. The molecule has 0 amide bonds. The fourth-order valence-electron chi connectivity index (χ4n) is 1.52. The van der Waals surface area contributed by atoms with E-state index in [1.807, 2.05) is 0 Å². The molecular weight excluding hydrogens is 236 g/mol. The third kappa shape index (κ3) is 2.50. The number of carbonyl (C=O) groups is 1. The van der Waals surface area contributed by atoms with Crippen LogP contribution in [0.25, 0.3) is 0 Å². The minimum Gasteiger partial charge on any atom is -0.383 e. The predicted molar refractivity (Wildman–Crippen MR) is 69.4 cm³/mol. The molecule has 1 aromatic heterocycles. The van der Waals surface area contributed by atoms with Crippen LogP contribution < -0.4 is 22.3 Å². The van der Waals surface area contributed by atoms with Gasteiger partial charge in [-0.3, -0.25) is 18.7 Å². The number of nitrogens with one attached hydrogen (secondary N) is 1. The molecule has 1 heterocycles. The lowest BCUT2D eigenvalue weighted by molar-refractivity contribution is -0.112. The molecule has 0 saturated heterocycles. The van der Waals surface area contributed by atoms with Crippen molar-refractivity contribution in [3.63, 3.8) is 0 Å². The average Bonchev–Trinajstić information content (AvgIpc) is 2.29. The van der Waals surface area contributed by atoms with Crippen LogP contribution in [-0.2, 0) is 18.9 Å². The lowest BCUT2D eigenvalue weighted by Crippen LogP contribution is -2.39. The van der Waals surface area contributed by atoms with Crippen molar-refractivity contribution in [3.05, 3.63) is 32.6 Å². The lowest BCUT2D eigenvalue weighted by Gasteiger charge is -2.13. The monoisotopic (exact) mass is 252 g/mol. The van der Waals surface area contributed by atoms with Crippen molar-refractivity contribution < 1.29 is 4.79 Å². The van der Waals surface area contributed by atoms with Gasteiger partial charge in [0.1, 0.15) is 11.5 Å². The van der Waals surface area contributed by atoms with Crippen molar-refractivity contribution in [2.45, 2.75) is 13.8 Å². The first-order valence-corrected chi connectivity index (χ1v) is 5.27. The molecule has 0 aromatic carbocycles. The summed E-state index contributed by atoms with van der Waals surface area (Å²) in [4.78, 5) is 34.4. The summed E-state index contributed by atoms with van der Waals surface area (Å²) < 4.78 is 2.10. The molecule has 7 nitrogen and oxygen atoms in total. The minimum absolute atomic E-state index is 0.0272. The largest absolute Gasteiger partial charge is 0.383 e. The third-order valence-corrected chi connectivity index (χ3v) is 2.45. The summed E-state index contributed by atoms with van der Waals surface area (Å²) in [7, 11) is 2.83. The van der Waals surface area contributed by atoms with E-state index in [2.05, 4.69) is 5.32 Å². The molecule has 0 aliphatic heterocycles. The van der Waals surface area contributed by atoms with Gasteiger partial charge in [-0.2, -0.15) is 0 Å². The van der Waals surface area contributed by atoms with E-state index >= 15 is 0 Å². The maximum atomic E-state index is 11.9. The summed E-state index contributed by atoms with van der Waals surface area (Å²) >= 11 is 0. The maximum absolute atomic E-state index is 11.9. The first-order chi connectivity index (χ1) is 8.25. The van der Waals surface area contributed by atoms with E-state index in [4.69, 9.17) is 5.73 Å². The molecule has 0 aliphatic carbocycles. The van der Waals surface area contributed by atoms with E-state index in [-0.39, 0.29) is 17.3 Å². The van der Waals surface area contributed by atoms with Gasteiger partial charge in [0.05, 0.1) is 0 Å². The number of rotatable bonds is 3. The zero-order chi connectivity index (χ0) is 14.0. The topological polar surface area (TPSA) is 99.1 Å². The summed E-state index contributed by atoms with van der Waals surface area (Å²) in [6.07, 6.45) is 1.34. The fraction of sp³-hybridized carbons (Fsp3) is 0.364. The lowest BCUT2D eigenvalue weighted by atomic mass is 10.3. The molecule has 7 heteroatoms. The number of nitrogens with two attached hydrogens (primary N) is 1. The summed E-state index contributed by atoms with van der Waals surface area (Å²) in [6, 6.07) is 0. The van der Waals surface area contributed by atoms with E-state index in [9.17, 15) is 14.4 Å². The Bertz CT molecular complexity index is 637. The Kier molecular flexibility index (Phi) is 3.75. The molecule has 0 radical (unpaired) electrons. The number of ketones is 1. The zero-order valence-corrected chi connectivity index (χ0v) is 10.8. The molecule has 1 aromatic rings. The van der Waals surface area contributed by atoms with Crippen LogP contribution in [0.1, 0.15) is 13.8 Å². The van der Waals surface area contributed by atoms with E-state index < -0.39 is 11.2 Å². The Labute approximate surface area is 104 Å². The quantitative estimate of drug-likeness (QED) is 0.711. The number of nitrogens with zero attached hydrogens (tertiary/aromatic N) is 2. The number of anilines is 2. The Morgan fingerprint density at radius 2 is 1.78 bits per heavy atom. The molecule has 0 aliphatic rings.